The minimum absolute atomic E-state index is 0.299. The van der Waals surface area contributed by atoms with Gasteiger partial charge in [0.25, 0.3) is 0 Å². The maximum absolute atomic E-state index is 8.58. The second kappa shape index (κ2) is 6.46. The molecule has 0 saturated carbocycles. The van der Waals surface area contributed by atoms with Crippen molar-refractivity contribution in [1.29, 1.82) is 0 Å². The van der Waals surface area contributed by atoms with Gasteiger partial charge in [-0.2, -0.15) is 11.8 Å². The monoisotopic (exact) mass is 260 g/mol. The number of halogens is 1. The third kappa shape index (κ3) is 4.69. The molecule has 1 aromatic carbocycles. The molecule has 13 heavy (non-hydrogen) atoms. The molecule has 0 unspecified atom stereocenters. The zero-order valence-electron chi connectivity index (χ0n) is 7.37. The summed E-state index contributed by atoms with van der Waals surface area (Å²) in [6.07, 6.45) is 0.890. The lowest BCUT2D eigenvalue weighted by molar-refractivity contribution is 0.296. The van der Waals surface area contributed by atoms with E-state index in [2.05, 4.69) is 40.2 Å². The van der Waals surface area contributed by atoms with Crippen LogP contribution in [0.25, 0.3) is 0 Å². The molecular formula is C10H13BrOS. The largest absolute Gasteiger partial charge is 0.396 e. The topological polar surface area (TPSA) is 20.2 Å². The minimum Gasteiger partial charge on any atom is -0.396 e. The summed E-state index contributed by atoms with van der Waals surface area (Å²) in [5.74, 6) is 2.07. The van der Waals surface area contributed by atoms with Crippen LogP contribution in [0.5, 0.6) is 0 Å². The summed E-state index contributed by atoms with van der Waals surface area (Å²) in [5, 5.41) is 8.58. The molecule has 0 aliphatic carbocycles. The van der Waals surface area contributed by atoms with Crippen molar-refractivity contribution < 1.29 is 5.11 Å². The van der Waals surface area contributed by atoms with Crippen LogP contribution in [0.4, 0.5) is 0 Å². The lowest BCUT2D eigenvalue weighted by atomic mass is 10.2. The maximum atomic E-state index is 8.58. The van der Waals surface area contributed by atoms with E-state index in [0.717, 1.165) is 22.4 Å². The van der Waals surface area contributed by atoms with Gasteiger partial charge in [-0.05, 0) is 29.9 Å². The van der Waals surface area contributed by atoms with Gasteiger partial charge >= 0.3 is 0 Å². The first kappa shape index (κ1) is 11.1. The highest BCUT2D eigenvalue weighted by molar-refractivity contribution is 9.10. The first-order valence-corrected chi connectivity index (χ1v) is 6.21. The number of thioether (sulfide) groups is 1. The molecule has 0 aliphatic rings. The third-order valence-corrected chi connectivity index (χ3v) is 3.27. The zero-order chi connectivity index (χ0) is 9.52. The molecule has 0 aromatic heterocycles. The standard InChI is InChI=1S/C10H13BrOS/c11-10-4-2-9(3-5-10)8-13-7-1-6-12/h2-5,12H,1,6-8H2. The van der Waals surface area contributed by atoms with Gasteiger partial charge in [-0.25, -0.2) is 0 Å². The van der Waals surface area contributed by atoms with Crippen LogP contribution in [0.2, 0.25) is 0 Å². The van der Waals surface area contributed by atoms with Gasteiger partial charge < -0.3 is 5.11 Å². The molecule has 0 saturated heterocycles. The first-order valence-electron chi connectivity index (χ1n) is 4.26. The van der Waals surface area contributed by atoms with Gasteiger partial charge in [0.2, 0.25) is 0 Å². The van der Waals surface area contributed by atoms with Gasteiger partial charge in [0.05, 0.1) is 0 Å². The summed E-state index contributed by atoms with van der Waals surface area (Å²) in [4.78, 5) is 0. The summed E-state index contributed by atoms with van der Waals surface area (Å²) in [5.41, 5.74) is 1.34. The van der Waals surface area contributed by atoms with Crippen molar-refractivity contribution in [3.63, 3.8) is 0 Å². The second-order valence-electron chi connectivity index (χ2n) is 2.76. The van der Waals surface area contributed by atoms with E-state index in [1.165, 1.54) is 5.56 Å². The molecule has 72 valence electrons. The Labute approximate surface area is 91.7 Å². The maximum Gasteiger partial charge on any atom is 0.0438 e. The highest BCUT2D eigenvalue weighted by Gasteiger charge is 1.93. The van der Waals surface area contributed by atoms with Gasteiger partial charge in [0.1, 0.15) is 0 Å². The quantitative estimate of drug-likeness (QED) is 0.822. The molecule has 1 rings (SSSR count). The average molecular weight is 261 g/mol. The van der Waals surface area contributed by atoms with Crippen molar-refractivity contribution in [3.05, 3.63) is 34.3 Å². The van der Waals surface area contributed by atoms with Crippen LogP contribution in [-0.2, 0) is 5.75 Å². The third-order valence-electron chi connectivity index (χ3n) is 1.63. The highest BCUT2D eigenvalue weighted by Crippen LogP contribution is 2.16. The van der Waals surface area contributed by atoms with Crippen LogP contribution >= 0.6 is 27.7 Å². The number of hydrogen-bond donors (Lipinski definition) is 1. The lowest BCUT2D eigenvalue weighted by Crippen LogP contribution is -1.87. The molecule has 0 fully saturated rings. The molecule has 3 heteroatoms. The predicted molar refractivity (Wildman–Crippen MR) is 62.0 cm³/mol. The van der Waals surface area contributed by atoms with Crippen LogP contribution in [0.3, 0.4) is 0 Å². The van der Waals surface area contributed by atoms with Crippen molar-refractivity contribution in [2.45, 2.75) is 12.2 Å². The van der Waals surface area contributed by atoms with E-state index in [4.69, 9.17) is 5.11 Å². The molecule has 0 radical (unpaired) electrons. The fraction of sp³-hybridized carbons (Fsp3) is 0.400. The lowest BCUT2D eigenvalue weighted by Gasteiger charge is -2.00. The number of rotatable bonds is 5. The fourth-order valence-electron chi connectivity index (χ4n) is 0.937. The van der Waals surface area contributed by atoms with Crippen molar-refractivity contribution in [2.75, 3.05) is 12.4 Å². The fourth-order valence-corrected chi connectivity index (χ4v) is 2.11. The molecular weight excluding hydrogens is 248 g/mol. The minimum atomic E-state index is 0.299. The second-order valence-corrected chi connectivity index (χ2v) is 4.78. The van der Waals surface area contributed by atoms with E-state index < -0.39 is 0 Å². The van der Waals surface area contributed by atoms with Crippen LogP contribution in [0, 0.1) is 0 Å². The summed E-state index contributed by atoms with van der Waals surface area (Å²) >= 11 is 5.26. The Morgan fingerprint density at radius 3 is 2.54 bits per heavy atom. The summed E-state index contributed by atoms with van der Waals surface area (Å²) in [6.45, 7) is 0.299. The zero-order valence-corrected chi connectivity index (χ0v) is 9.77. The predicted octanol–water partition coefficient (Wildman–Crippen LogP) is 3.06. The Kier molecular flexibility index (Phi) is 5.51. The molecule has 0 spiro atoms. The summed E-state index contributed by atoms with van der Waals surface area (Å²) in [7, 11) is 0. The molecule has 0 bridgehead atoms. The Balaban J connectivity index is 2.25. The smallest absolute Gasteiger partial charge is 0.0438 e. The average Bonchev–Trinajstić information content (AvgIpc) is 2.15. The van der Waals surface area contributed by atoms with E-state index in [0.29, 0.717) is 6.61 Å². The summed E-state index contributed by atoms with van der Waals surface area (Å²) < 4.78 is 1.12. The van der Waals surface area contributed by atoms with Gasteiger partial charge in [-0.15, -0.1) is 0 Å². The molecule has 0 atom stereocenters. The Bertz CT molecular complexity index is 235. The molecule has 0 aliphatic heterocycles. The highest BCUT2D eigenvalue weighted by atomic mass is 79.9. The number of hydrogen-bond acceptors (Lipinski definition) is 2. The van der Waals surface area contributed by atoms with E-state index in [9.17, 15) is 0 Å². The van der Waals surface area contributed by atoms with Crippen molar-refractivity contribution >= 4 is 27.7 Å². The van der Waals surface area contributed by atoms with E-state index in [1.54, 1.807) is 0 Å². The van der Waals surface area contributed by atoms with E-state index >= 15 is 0 Å². The van der Waals surface area contributed by atoms with Crippen molar-refractivity contribution in [1.82, 2.24) is 0 Å². The number of aliphatic hydroxyl groups is 1. The number of benzene rings is 1. The normalized spacial score (nSPS) is 10.3. The molecule has 0 amide bonds. The van der Waals surface area contributed by atoms with Gasteiger partial charge in [-0.1, -0.05) is 28.1 Å². The van der Waals surface area contributed by atoms with E-state index in [-0.39, 0.29) is 0 Å². The summed E-state index contributed by atoms with van der Waals surface area (Å²) in [6, 6.07) is 8.36. The first-order chi connectivity index (χ1) is 6.33. The Morgan fingerprint density at radius 1 is 1.23 bits per heavy atom. The molecule has 1 nitrogen and oxygen atoms in total. The number of aliphatic hydroxyl groups excluding tert-OH is 1. The SMILES string of the molecule is OCCCSCc1ccc(Br)cc1. The Morgan fingerprint density at radius 2 is 1.92 bits per heavy atom. The van der Waals surface area contributed by atoms with Gasteiger partial charge in [-0.3, -0.25) is 0 Å². The van der Waals surface area contributed by atoms with Gasteiger partial charge in [0, 0.05) is 16.8 Å². The van der Waals surface area contributed by atoms with Crippen LogP contribution in [-0.4, -0.2) is 17.5 Å². The van der Waals surface area contributed by atoms with Crippen LogP contribution in [0.1, 0.15) is 12.0 Å². The molecule has 1 aromatic rings. The van der Waals surface area contributed by atoms with E-state index in [1.807, 2.05) is 11.8 Å². The molecule has 0 heterocycles. The van der Waals surface area contributed by atoms with Crippen LogP contribution in [0.15, 0.2) is 28.7 Å². The van der Waals surface area contributed by atoms with Crippen LogP contribution < -0.4 is 0 Å². The Hall–Kier alpha value is 0.01000. The van der Waals surface area contributed by atoms with Gasteiger partial charge in [0.15, 0.2) is 0 Å². The van der Waals surface area contributed by atoms with Crippen molar-refractivity contribution in [3.8, 4) is 0 Å². The molecule has 1 N–H and O–H groups in total. The van der Waals surface area contributed by atoms with Crippen molar-refractivity contribution in [2.24, 2.45) is 0 Å².